The third-order valence-electron chi connectivity index (χ3n) is 3.34. The van der Waals surface area contributed by atoms with Gasteiger partial charge in [-0.1, -0.05) is 29.8 Å². The monoisotopic (exact) mass is 360 g/mol. The molecule has 25 heavy (non-hydrogen) atoms. The molecule has 2 amide bonds. The number of rotatable bonds is 6. The molecule has 3 N–H and O–H groups in total. The van der Waals surface area contributed by atoms with Crippen LogP contribution in [0, 0.1) is 0 Å². The number of hydrogen-bond donors (Lipinski definition) is 2. The molecule has 0 saturated carbocycles. The Bertz CT molecular complexity index is 807. The molecule has 0 bridgehead atoms. The number of esters is 1. The Morgan fingerprint density at radius 1 is 1.16 bits per heavy atom. The summed E-state index contributed by atoms with van der Waals surface area (Å²) in [6, 6.07) is 12.1. The van der Waals surface area contributed by atoms with Crippen LogP contribution in [0.4, 0.5) is 0 Å². The van der Waals surface area contributed by atoms with E-state index in [1.165, 1.54) is 13.0 Å². The number of halogens is 1. The van der Waals surface area contributed by atoms with Gasteiger partial charge >= 0.3 is 5.97 Å². The van der Waals surface area contributed by atoms with Crippen molar-refractivity contribution in [1.29, 1.82) is 0 Å². The summed E-state index contributed by atoms with van der Waals surface area (Å²) in [4.78, 5) is 35.0. The zero-order valence-electron chi connectivity index (χ0n) is 13.5. The van der Waals surface area contributed by atoms with Crippen molar-refractivity contribution in [2.75, 3.05) is 0 Å². The quantitative estimate of drug-likeness (QED) is 0.608. The Labute approximate surface area is 149 Å². The molecule has 0 aromatic heterocycles. The predicted molar refractivity (Wildman–Crippen MR) is 93.4 cm³/mol. The van der Waals surface area contributed by atoms with Gasteiger partial charge in [0.25, 0.3) is 5.91 Å². The Morgan fingerprint density at radius 2 is 1.88 bits per heavy atom. The minimum absolute atomic E-state index is 0.214. The van der Waals surface area contributed by atoms with Crippen LogP contribution in [0.1, 0.15) is 22.8 Å². The maximum atomic E-state index is 12.4. The third kappa shape index (κ3) is 5.61. The first-order valence-corrected chi connectivity index (χ1v) is 7.86. The van der Waals surface area contributed by atoms with E-state index in [-0.39, 0.29) is 17.7 Å². The first-order valence-electron chi connectivity index (χ1n) is 7.48. The number of benzene rings is 2. The molecule has 0 saturated heterocycles. The van der Waals surface area contributed by atoms with Crippen LogP contribution in [0.5, 0.6) is 5.75 Å². The van der Waals surface area contributed by atoms with E-state index in [1.54, 1.807) is 42.5 Å². The smallest absolute Gasteiger partial charge is 0.308 e. The molecule has 7 heteroatoms. The number of amides is 2. The minimum atomic E-state index is -0.900. The lowest BCUT2D eigenvalue weighted by atomic mass is 10.0. The average Bonchev–Trinajstić information content (AvgIpc) is 2.53. The van der Waals surface area contributed by atoms with Crippen molar-refractivity contribution in [1.82, 2.24) is 5.32 Å². The predicted octanol–water partition coefficient (Wildman–Crippen LogP) is 2.09. The molecule has 0 aliphatic heterocycles. The van der Waals surface area contributed by atoms with E-state index in [1.807, 2.05) is 0 Å². The molecule has 2 aromatic rings. The fraction of sp³-hybridized carbons (Fsp3) is 0.167. The first-order chi connectivity index (χ1) is 11.8. The molecule has 0 radical (unpaired) electrons. The molecule has 2 aromatic carbocycles. The fourth-order valence-electron chi connectivity index (χ4n) is 2.23. The fourth-order valence-corrected chi connectivity index (χ4v) is 2.44. The van der Waals surface area contributed by atoms with Crippen molar-refractivity contribution in [3.8, 4) is 5.75 Å². The SMILES string of the molecule is CC(=O)Oc1cccc(C(=O)N[C@H](Cc2cccc(Cl)c2)C(N)=O)c1. The number of nitrogens with one attached hydrogen (secondary N) is 1. The second-order valence-corrected chi connectivity index (χ2v) is 5.82. The van der Waals surface area contributed by atoms with Crippen molar-refractivity contribution in [3.05, 3.63) is 64.7 Å². The second-order valence-electron chi connectivity index (χ2n) is 5.38. The molecule has 1 atom stereocenters. The standard InChI is InChI=1S/C18H17ClN2O4/c1-11(22)25-15-7-3-5-13(10-15)18(24)21-16(17(20)23)9-12-4-2-6-14(19)8-12/h2-8,10,16H,9H2,1H3,(H2,20,23)(H,21,24)/t16-/m1/s1. The van der Waals surface area contributed by atoms with Gasteiger partial charge in [-0.15, -0.1) is 0 Å². The van der Waals surface area contributed by atoms with Crippen molar-refractivity contribution < 1.29 is 19.1 Å². The maximum absolute atomic E-state index is 12.4. The van der Waals surface area contributed by atoms with Gasteiger partial charge in [0.2, 0.25) is 5.91 Å². The lowest BCUT2D eigenvalue weighted by molar-refractivity contribution is -0.131. The van der Waals surface area contributed by atoms with E-state index >= 15 is 0 Å². The van der Waals surface area contributed by atoms with Gasteiger partial charge in [-0.05, 0) is 35.9 Å². The summed E-state index contributed by atoms with van der Waals surface area (Å²) < 4.78 is 4.94. The van der Waals surface area contributed by atoms with E-state index in [2.05, 4.69) is 5.32 Å². The van der Waals surface area contributed by atoms with Gasteiger partial charge in [0.05, 0.1) is 0 Å². The summed E-state index contributed by atoms with van der Waals surface area (Å²) in [5.41, 5.74) is 6.40. The Kier molecular flexibility index (Phi) is 6.14. The van der Waals surface area contributed by atoms with Gasteiger partial charge in [0, 0.05) is 23.9 Å². The molecule has 6 nitrogen and oxygen atoms in total. The van der Waals surface area contributed by atoms with E-state index in [9.17, 15) is 14.4 Å². The molecule has 0 aliphatic carbocycles. The molecule has 0 heterocycles. The summed E-state index contributed by atoms with van der Waals surface area (Å²) >= 11 is 5.92. The summed E-state index contributed by atoms with van der Waals surface area (Å²) in [5, 5.41) is 3.11. The van der Waals surface area contributed by atoms with Crippen LogP contribution in [0.25, 0.3) is 0 Å². The maximum Gasteiger partial charge on any atom is 0.308 e. The van der Waals surface area contributed by atoms with Crippen LogP contribution >= 0.6 is 11.6 Å². The molecule has 130 valence electrons. The van der Waals surface area contributed by atoms with E-state index in [0.29, 0.717) is 5.02 Å². The van der Waals surface area contributed by atoms with E-state index in [4.69, 9.17) is 22.1 Å². The number of carbonyl (C=O) groups is 3. The Balaban J connectivity index is 2.12. The highest BCUT2D eigenvalue weighted by molar-refractivity contribution is 6.30. The van der Waals surface area contributed by atoms with Gasteiger partial charge in [0.15, 0.2) is 0 Å². The van der Waals surface area contributed by atoms with Crippen LogP contribution in [0.2, 0.25) is 5.02 Å². The third-order valence-corrected chi connectivity index (χ3v) is 3.57. The molecular formula is C18H17ClN2O4. The van der Waals surface area contributed by atoms with Gasteiger partial charge in [-0.3, -0.25) is 14.4 Å². The highest BCUT2D eigenvalue weighted by Gasteiger charge is 2.20. The summed E-state index contributed by atoms with van der Waals surface area (Å²) in [5.74, 6) is -1.41. The van der Waals surface area contributed by atoms with Crippen LogP contribution in [0.3, 0.4) is 0 Å². The van der Waals surface area contributed by atoms with Gasteiger partial charge in [-0.25, -0.2) is 0 Å². The van der Waals surface area contributed by atoms with Gasteiger partial charge in [0.1, 0.15) is 11.8 Å². The van der Waals surface area contributed by atoms with Crippen LogP contribution < -0.4 is 15.8 Å². The van der Waals surface area contributed by atoms with Crippen LogP contribution in [0.15, 0.2) is 48.5 Å². The summed E-state index contributed by atoms with van der Waals surface area (Å²) in [6.45, 7) is 1.26. The van der Waals surface area contributed by atoms with Crippen LogP contribution in [-0.4, -0.2) is 23.8 Å². The minimum Gasteiger partial charge on any atom is -0.427 e. The van der Waals surface area contributed by atoms with Crippen LogP contribution in [-0.2, 0) is 16.0 Å². The Hall–Kier alpha value is -2.86. The highest BCUT2D eigenvalue weighted by atomic mass is 35.5. The van der Waals surface area contributed by atoms with E-state index in [0.717, 1.165) is 5.56 Å². The molecule has 0 aliphatic rings. The van der Waals surface area contributed by atoms with Crippen molar-refractivity contribution in [3.63, 3.8) is 0 Å². The first kappa shape index (κ1) is 18.5. The number of ether oxygens (including phenoxy) is 1. The Morgan fingerprint density at radius 3 is 2.52 bits per heavy atom. The molecular weight excluding hydrogens is 344 g/mol. The number of carbonyl (C=O) groups excluding carboxylic acids is 3. The van der Waals surface area contributed by atoms with Crippen molar-refractivity contribution >= 4 is 29.4 Å². The lowest BCUT2D eigenvalue weighted by Crippen LogP contribution is -2.45. The molecule has 0 spiro atoms. The number of nitrogens with two attached hydrogens (primary N) is 1. The van der Waals surface area contributed by atoms with Crippen molar-refractivity contribution in [2.24, 2.45) is 5.73 Å². The molecule has 0 unspecified atom stereocenters. The topological polar surface area (TPSA) is 98.5 Å². The van der Waals surface area contributed by atoms with Crippen molar-refractivity contribution in [2.45, 2.75) is 19.4 Å². The molecule has 2 rings (SSSR count). The highest BCUT2D eigenvalue weighted by Crippen LogP contribution is 2.15. The van der Waals surface area contributed by atoms with Gasteiger partial charge in [-0.2, -0.15) is 0 Å². The van der Waals surface area contributed by atoms with E-state index < -0.39 is 23.8 Å². The zero-order valence-corrected chi connectivity index (χ0v) is 14.2. The second kappa shape index (κ2) is 8.30. The summed E-state index contributed by atoms with van der Waals surface area (Å²) in [7, 11) is 0. The number of primary amides is 1. The molecule has 0 fully saturated rings. The zero-order chi connectivity index (χ0) is 18.4. The average molecular weight is 361 g/mol. The van der Waals surface area contributed by atoms with Gasteiger partial charge < -0.3 is 15.8 Å². The lowest BCUT2D eigenvalue weighted by Gasteiger charge is -2.16. The normalized spacial score (nSPS) is 11.4. The summed E-state index contributed by atoms with van der Waals surface area (Å²) in [6.07, 6.45) is 0.214. The number of hydrogen-bond acceptors (Lipinski definition) is 4. The largest absolute Gasteiger partial charge is 0.427 e.